The summed E-state index contributed by atoms with van der Waals surface area (Å²) in [7, 11) is 1.57. The molecule has 2 heterocycles. The highest BCUT2D eigenvalue weighted by atomic mass is 16.5. The van der Waals surface area contributed by atoms with Crippen molar-refractivity contribution in [2.24, 2.45) is 4.99 Å². The highest BCUT2D eigenvalue weighted by Gasteiger charge is 2.18. The Morgan fingerprint density at radius 2 is 1.88 bits per heavy atom. The smallest absolute Gasteiger partial charge is 0.331 e. The lowest BCUT2D eigenvalue weighted by atomic mass is 10.1. The van der Waals surface area contributed by atoms with Gasteiger partial charge < -0.3 is 14.8 Å². The lowest BCUT2D eigenvalue weighted by Gasteiger charge is -2.13. The van der Waals surface area contributed by atoms with Crippen LogP contribution in [0.15, 0.2) is 69.3 Å². The summed E-state index contributed by atoms with van der Waals surface area (Å²) in [4.78, 5) is 35.2. The zero-order valence-electron chi connectivity index (χ0n) is 18.6. The van der Waals surface area contributed by atoms with E-state index in [0.717, 1.165) is 26.6 Å². The van der Waals surface area contributed by atoms with Crippen LogP contribution >= 0.6 is 0 Å². The third-order valence-electron chi connectivity index (χ3n) is 5.65. The third kappa shape index (κ3) is 4.59. The van der Waals surface area contributed by atoms with Gasteiger partial charge >= 0.3 is 5.69 Å². The molecule has 0 aliphatic heterocycles. The summed E-state index contributed by atoms with van der Waals surface area (Å²) in [5.41, 5.74) is 2.14. The van der Waals surface area contributed by atoms with E-state index in [4.69, 9.17) is 4.74 Å². The Morgan fingerprint density at radius 3 is 2.61 bits per heavy atom. The molecule has 2 aromatic carbocycles. The SMILES string of the molecule is CCC(=NCCc1c[nH]c2ccccc12)c1c(O)n(Cc2ccc(OC)cc2)c(=O)[nH]c1=O. The van der Waals surface area contributed by atoms with Gasteiger partial charge in [-0.2, -0.15) is 0 Å². The normalized spacial score (nSPS) is 11.8. The minimum Gasteiger partial charge on any atom is -0.497 e. The van der Waals surface area contributed by atoms with Gasteiger partial charge in [0, 0.05) is 23.6 Å². The minimum atomic E-state index is -0.675. The monoisotopic (exact) mass is 446 g/mol. The number of nitrogens with zero attached hydrogens (tertiary/aromatic N) is 2. The molecule has 0 atom stereocenters. The van der Waals surface area contributed by atoms with Gasteiger partial charge in [-0.05, 0) is 42.2 Å². The molecule has 4 rings (SSSR count). The largest absolute Gasteiger partial charge is 0.497 e. The summed E-state index contributed by atoms with van der Waals surface area (Å²) in [6.45, 7) is 2.41. The zero-order valence-corrected chi connectivity index (χ0v) is 18.6. The lowest BCUT2D eigenvalue weighted by molar-refractivity contribution is 0.407. The molecule has 0 unspecified atom stereocenters. The molecule has 3 N–H and O–H groups in total. The minimum absolute atomic E-state index is 0.0320. The van der Waals surface area contributed by atoms with Crippen LogP contribution in [0.1, 0.15) is 30.0 Å². The number of hydrogen-bond acceptors (Lipinski definition) is 5. The molecule has 170 valence electrons. The molecule has 0 fully saturated rings. The highest BCUT2D eigenvalue weighted by molar-refractivity contribution is 6.01. The summed E-state index contributed by atoms with van der Waals surface area (Å²) in [5.74, 6) is 0.306. The van der Waals surface area contributed by atoms with Crippen LogP contribution in [0.25, 0.3) is 10.9 Å². The number of ether oxygens (including phenoxy) is 1. The molecule has 4 aromatic rings. The van der Waals surface area contributed by atoms with E-state index in [1.807, 2.05) is 31.3 Å². The van der Waals surface area contributed by atoms with E-state index in [1.54, 1.807) is 31.4 Å². The van der Waals surface area contributed by atoms with Crippen molar-refractivity contribution in [3.63, 3.8) is 0 Å². The van der Waals surface area contributed by atoms with E-state index in [1.165, 1.54) is 0 Å². The topological polar surface area (TPSA) is 112 Å². The number of aromatic nitrogens is 3. The molecule has 0 saturated heterocycles. The molecule has 0 aliphatic carbocycles. The first kappa shape index (κ1) is 22.1. The first-order chi connectivity index (χ1) is 16.0. The lowest BCUT2D eigenvalue weighted by Crippen LogP contribution is -2.34. The Hall–Kier alpha value is -4.07. The van der Waals surface area contributed by atoms with Crippen LogP contribution in [-0.4, -0.2) is 39.0 Å². The Bertz CT molecular complexity index is 1410. The van der Waals surface area contributed by atoms with Crippen LogP contribution in [0.2, 0.25) is 0 Å². The second kappa shape index (κ2) is 9.60. The number of aromatic hydroxyl groups is 1. The van der Waals surface area contributed by atoms with E-state index in [9.17, 15) is 14.7 Å². The van der Waals surface area contributed by atoms with Gasteiger partial charge in [0.15, 0.2) is 0 Å². The van der Waals surface area contributed by atoms with Crippen molar-refractivity contribution in [2.75, 3.05) is 13.7 Å². The first-order valence-corrected chi connectivity index (χ1v) is 10.8. The molecule has 0 aliphatic rings. The summed E-state index contributed by atoms with van der Waals surface area (Å²) in [5, 5.41) is 12.0. The number of aliphatic imine (C=N–C) groups is 1. The predicted octanol–water partition coefficient (Wildman–Crippen LogP) is 3.22. The molecular formula is C25H26N4O4. The van der Waals surface area contributed by atoms with Gasteiger partial charge in [-0.15, -0.1) is 0 Å². The number of benzene rings is 2. The number of aromatic amines is 2. The first-order valence-electron chi connectivity index (χ1n) is 10.8. The van der Waals surface area contributed by atoms with Crippen LogP contribution < -0.4 is 16.0 Å². The molecular weight excluding hydrogens is 420 g/mol. The maximum absolute atomic E-state index is 12.6. The van der Waals surface area contributed by atoms with E-state index in [-0.39, 0.29) is 18.0 Å². The molecule has 0 radical (unpaired) electrons. The van der Waals surface area contributed by atoms with Crippen LogP contribution in [-0.2, 0) is 13.0 Å². The quantitative estimate of drug-likeness (QED) is 0.361. The van der Waals surface area contributed by atoms with Crippen LogP contribution in [0.4, 0.5) is 0 Å². The van der Waals surface area contributed by atoms with E-state index >= 15 is 0 Å². The molecule has 8 nitrogen and oxygen atoms in total. The molecule has 0 amide bonds. The molecule has 33 heavy (non-hydrogen) atoms. The van der Waals surface area contributed by atoms with E-state index in [0.29, 0.717) is 30.8 Å². The van der Waals surface area contributed by atoms with Crippen molar-refractivity contribution in [2.45, 2.75) is 26.3 Å². The van der Waals surface area contributed by atoms with Crippen molar-refractivity contribution in [1.29, 1.82) is 0 Å². The second-order valence-corrected chi connectivity index (χ2v) is 7.68. The molecule has 0 spiro atoms. The van der Waals surface area contributed by atoms with Crippen molar-refractivity contribution < 1.29 is 9.84 Å². The number of fused-ring (bicyclic) bond motifs is 1. The average molecular weight is 447 g/mol. The van der Waals surface area contributed by atoms with Crippen molar-refractivity contribution >= 4 is 16.6 Å². The summed E-state index contributed by atoms with van der Waals surface area (Å²) in [6.07, 6.45) is 3.08. The fourth-order valence-corrected chi connectivity index (χ4v) is 3.90. The number of H-pyrrole nitrogens is 2. The summed E-state index contributed by atoms with van der Waals surface area (Å²) >= 11 is 0. The standard InChI is InChI=1S/C25H26N4O4/c1-3-20(26-13-12-17-14-27-21-7-5-4-6-19(17)21)22-23(30)28-25(32)29(24(22)31)15-16-8-10-18(33-2)11-9-16/h4-11,14,27,31H,3,12-13,15H2,1-2H3,(H,28,30,32). The third-order valence-corrected chi connectivity index (χ3v) is 5.65. The summed E-state index contributed by atoms with van der Waals surface area (Å²) in [6, 6.07) is 15.2. The average Bonchev–Trinajstić information content (AvgIpc) is 3.24. The van der Waals surface area contributed by atoms with Gasteiger partial charge in [-0.3, -0.25) is 19.3 Å². The Morgan fingerprint density at radius 1 is 1.12 bits per heavy atom. The number of methoxy groups -OCH3 is 1. The van der Waals surface area contributed by atoms with Crippen molar-refractivity contribution in [3.8, 4) is 11.6 Å². The fraction of sp³-hybridized carbons (Fsp3) is 0.240. The predicted molar refractivity (Wildman–Crippen MR) is 129 cm³/mol. The number of nitrogens with one attached hydrogen (secondary N) is 2. The van der Waals surface area contributed by atoms with Gasteiger partial charge in [0.1, 0.15) is 11.3 Å². The van der Waals surface area contributed by atoms with E-state index in [2.05, 4.69) is 21.0 Å². The Labute approximate surface area is 190 Å². The van der Waals surface area contributed by atoms with Crippen molar-refractivity contribution in [3.05, 3.63) is 92.3 Å². The number of para-hydroxylation sites is 1. The molecule has 8 heteroatoms. The van der Waals surface area contributed by atoms with Gasteiger partial charge in [-0.25, -0.2) is 4.79 Å². The van der Waals surface area contributed by atoms with Gasteiger partial charge in [0.2, 0.25) is 5.88 Å². The van der Waals surface area contributed by atoms with Crippen LogP contribution in [0.3, 0.4) is 0 Å². The fourth-order valence-electron chi connectivity index (χ4n) is 3.90. The second-order valence-electron chi connectivity index (χ2n) is 7.68. The molecule has 2 aromatic heterocycles. The number of rotatable bonds is 8. The van der Waals surface area contributed by atoms with Crippen LogP contribution in [0, 0.1) is 0 Å². The maximum Gasteiger partial charge on any atom is 0.331 e. The molecule has 0 saturated carbocycles. The Balaban J connectivity index is 1.62. The van der Waals surface area contributed by atoms with Gasteiger partial charge in [0.05, 0.1) is 19.4 Å². The maximum atomic E-state index is 12.6. The Kier molecular flexibility index (Phi) is 6.44. The highest BCUT2D eigenvalue weighted by Crippen LogP contribution is 2.19. The van der Waals surface area contributed by atoms with Gasteiger partial charge in [-0.1, -0.05) is 37.3 Å². The zero-order chi connectivity index (χ0) is 23.4. The summed E-state index contributed by atoms with van der Waals surface area (Å²) < 4.78 is 6.29. The van der Waals surface area contributed by atoms with Gasteiger partial charge in [0.25, 0.3) is 5.56 Å². The van der Waals surface area contributed by atoms with Crippen LogP contribution in [0.5, 0.6) is 11.6 Å². The molecule has 0 bridgehead atoms. The number of hydrogen-bond donors (Lipinski definition) is 3. The van der Waals surface area contributed by atoms with Crippen molar-refractivity contribution in [1.82, 2.24) is 14.5 Å². The van der Waals surface area contributed by atoms with E-state index < -0.39 is 11.2 Å².